The fourth-order valence-electron chi connectivity index (χ4n) is 2.76. The Morgan fingerprint density at radius 1 is 1.48 bits per heavy atom. The lowest BCUT2D eigenvalue weighted by Crippen LogP contribution is -2.31. The van der Waals surface area contributed by atoms with Crippen molar-refractivity contribution < 1.29 is 14.3 Å². The molecule has 112 valence electrons. The maximum atomic E-state index is 12.2. The third-order valence-electron chi connectivity index (χ3n) is 3.91. The Kier molecular flexibility index (Phi) is 4.06. The quantitative estimate of drug-likeness (QED) is 0.883. The van der Waals surface area contributed by atoms with Gasteiger partial charge in [0.05, 0.1) is 18.9 Å². The Hall–Kier alpha value is -2.08. The monoisotopic (exact) mass is 289 g/mol. The van der Waals surface area contributed by atoms with Crippen molar-refractivity contribution in [1.82, 2.24) is 15.1 Å². The van der Waals surface area contributed by atoms with Crippen LogP contribution in [-0.2, 0) is 0 Å². The van der Waals surface area contributed by atoms with Crippen LogP contribution >= 0.6 is 0 Å². The highest BCUT2D eigenvalue weighted by molar-refractivity contribution is 5.92. The minimum Gasteiger partial charge on any atom is -0.467 e. The molecule has 0 bridgehead atoms. The van der Waals surface area contributed by atoms with E-state index in [9.17, 15) is 9.90 Å². The van der Waals surface area contributed by atoms with Crippen molar-refractivity contribution in [3.8, 4) is 0 Å². The molecule has 2 aromatic rings. The summed E-state index contributed by atoms with van der Waals surface area (Å²) in [5, 5.41) is 16.5. The molecule has 0 saturated heterocycles. The molecular weight excluding hydrogens is 270 g/mol. The van der Waals surface area contributed by atoms with Crippen LogP contribution in [0.5, 0.6) is 0 Å². The van der Waals surface area contributed by atoms with Gasteiger partial charge in [0, 0.05) is 6.20 Å². The van der Waals surface area contributed by atoms with Crippen molar-refractivity contribution in [2.75, 3.05) is 6.61 Å². The molecule has 6 nitrogen and oxygen atoms in total. The van der Waals surface area contributed by atoms with Crippen LogP contribution in [0, 0.1) is 0 Å². The highest BCUT2D eigenvalue weighted by atomic mass is 16.3. The number of furan rings is 1. The van der Waals surface area contributed by atoms with Gasteiger partial charge in [-0.25, -0.2) is 0 Å². The normalized spacial score (nSPS) is 17.0. The summed E-state index contributed by atoms with van der Waals surface area (Å²) in [6.45, 7) is -0.220. The molecule has 1 unspecified atom stereocenters. The van der Waals surface area contributed by atoms with Crippen LogP contribution in [0.15, 0.2) is 35.1 Å². The van der Waals surface area contributed by atoms with E-state index < -0.39 is 6.04 Å². The number of nitrogens with zero attached hydrogens (tertiary/aromatic N) is 2. The number of rotatable bonds is 5. The summed E-state index contributed by atoms with van der Waals surface area (Å²) < 4.78 is 7.09. The molecule has 21 heavy (non-hydrogen) atoms. The minimum absolute atomic E-state index is 0.220. The first kappa shape index (κ1) is 13.9. The zero-order valence-electron chi connectivity index (χ0n) is 11.7. The highest BCUT2D eigenvalue weighted by Crippen LogP contribution is 2.28. The van der Waals surface area contributed by atoms with Gasteiger partial charge in [0.2, 0.25) is 0 Å². The van der Waals surface area contributed by atoms with Crippen molar-refractivity contribution in [2.24, 2.45) is 0 Å². The van der Waals surface area contributed by atoms with E-state index in [2.05, 4.69) is 10.4 Å². The molecule has 2 N–H and O–H groups in total. The molecule has 0 spiro atoms. The molecule has 0 radical (unpaired) electrons. The average Bonchev–Trinajstić information content (AvgIpc) is 3.26. The molecular formula is C15H19N3O3. The Morgan fingerprint density at radius 2 is 2.29 bits per heavy atom. The average molecular weight is 289 g/mol. The van der Waals surface area contributed by atoms with Crippen molar-refractivity contribution in [3.05, 3.63) is 42.1 Å². The Labute approximate surface area is 122 Å². The molecule has 1 saturated carbocycles. The number of hydrogen-bond donors (Lipinski definition) is 2. The molecule has 0 aliphatic heterocycles. The summed E-state index contributed by atoms with van der Waals surface area (Å²) in [5.74, 6) is 0.225. The smallest absolute Gasteiger partial charge is 0.272 e. The highest BCUT2D eigenvalue weighted by Gasteiger charge is 2.21. The zero-order chi connectivity index (χ0) is 14.7. The van der Waals surface area contributed by atoms with Crippen LogP contribution < -0.4 is 5.32 Å². The van der Waals surface area contributed by atoms with Gasteiger partial charge < -0.3 is 14.8 Å². The maximum Gasteiger partial charge on any atom is 0.272 e. The van der Waals surface area contributed by atoms with E-state index >= 15 is 0 Å². The molecule has 2 aromatic heterocycles. The van der Waals surface area contributed by atoms with Gasteiger partial charge in [0.15, 0.2) is 0 Å². The lowest BCUT2D eigenvalue weighted by atomic mass is 10.2. The van der Waals surface area contributed by atoms with Gasteiger partial charge in [-0.2, -0.15) is 5.10 Å². The number of hydrogen-bond acceptors (Lipinski definition) is 4. The first-order valence-electron chi connectivity index (χ1n) is 7.28. The van der Waals surface area contributed by atoms with Crippen LogP contribution in [0.3, 0.4) is 0 Å². The summed E-state index contributed by atoms with van der Waals surface area (Å²) in [6, 6.07) is 5.01. The van der Waals surface area contributed by atoms with E-state index in [1.165, 1.54) is 19.1 Å². The zero-order valence-corrected chi connectivity index (χ0v) is 11.7. The molecule has 3 rings (SSSR count). The topological polar surface area (TPSA) is 80.3 Å². The van der Waals surface area contributed by atoms with E-state index in [0.29, 0.717) is 17.5 Å². The van der Waals surface area contributed by atoms with Crippen molar-refractivity contribution in [1.29, 1.82) is 0 Å². The van der Waals surface area contributed by atoms with Crippen molar-refractivity contribution in [2.45, 2.75) is 37.8 Å². The van der Waals surface area contributed by atoms with E-state index in [0.717, 1.165) is 12.8 Å². The summed E-state index contributed by atoms with van der Waals surface area (Å²) in [6.07, 6.45) is 8.04. The number of aliphatic hydroxyl groups is 1. The van der Waals surface area contributed by atoms with Gasteiger partial charge in [-0.1, -0.05) is 12.8 Å². The van der Waals surface area contributed by atoms with Crippen molar-refractivity contribution >= 4 is 5.91 Å². The first-order chi connectivity index (χ1) is 10.3. The lowest BCUT2D eigenvalue weighted by Gasteiger charge is -2.13. The fourth-order valence-corrected chi connectivity index (χ4v) is 2.76. The molecule has 1 atom stereocenters. The Morgan fingerprint density at radius 3 is 2.95 bits per heavy atom. The largest absolute Gasteiger partial charge is 0.467 e. The molecule has 0 aromatic carbocycles. The second-order valence-electron chi connectivity index (χ2n) is 5.34. The summed E-state index contributed by atoms with van der Waals surface area (Å²) in [5.41, 5.74) is 0.368. The second-order valence-corrected chi connectivity index (χ2v) is 5.34. The first-order valence-corrected chi connectivity index (χ1v) is 7.28. The number of amides is 1. The number of carbonyl (C=O) groups is 1. The predicted octanol–water partition coefficient (Wildman–Crippen LogP) is 2.05. The fraction of sp³-hybridized carbons (Fsp3) is 0.467. The van der Waals surface area contributed by atoms with Gasteiger partial charge in [-0.3, -0.25) is 9.48 Å². The number of nitrogens with one attached hydrogen (secondary N) is 1. The summed E-state index contributed by atoms with van der Waals surface area (Å²) in [4.78, 5) is 12.2. The van der Waals surface area contributed by atoms with E-state index in [-0.39, 0.29) is 12.5 Å². The maximum absolute atomic E-state index is 12.2. The molecule has 1 amide bonds. The molecule has 6 heteroatoms. The molecule has 1 aliphatic carbocycles. The van der Waals surface area contributed by atoms with Crippen LogP contribution in [0.2, 0.25) is 0 Å². The third kappa shape index (κ3) is 3.00. The second kappa shape index (κ2) is 6.13. The van der Waals surface area contributed by atoms with Gasteiger partial charge in [-0.15, -0.1) is 0 Å². The summed E-state index contributed by atoms with van der Waals surface area (Å²) >= 11 is 0. The van der Waals surface area contributed by atoms with Crippen molar-refractivity contribution in [3.63, 3.8) is 0 Å². The van der Waals surface area contributed by atoms with E-state index in [1.807, 2.05) is 10.9 Å². The Balaban J connectivity index is 1.67. The Bertz CT molecular complexity index is 585. The van der Waals surface area contributed by atoms with Gasteiger partial charge in [0.1, 0.15) is 17.5 Å². The molecule has 2 heterocycles. The standard InChI is InChI=1S/C15H19N3O3/c19-10-13(14-6-3-9-21-14)16-15(20)12-7-8-18(17-12)11-4-1-2-5-11/h3,6-9,11,13,19H,1-2,4-5,10H2,(H,16,20). The number of aliphatic hydroxyl groups excluding tert-OH is 1. The number of carbonyl (C=O) groups excluding carboxylic acids is 1. The van der Waals surface area contributed by atoms with Gasteiger partial charge in [-0.05, 0) is 31.0 Å². The molecule has 1 fully saturated rings. The number of aromatic nitrogens is 2. The van der Waals surface area contributed by atoms with Gasteiger partial charge in [0.25, 0.3) is 5.91 Å². The lowest BCUT2D eigenvalue weighted by molar-refractivity contribution is 0.0901. The molecule has 1 aliphatic rings. The van der Waals surface area contributed by atoms with Crippen LogP contribution in [0.25, 0.3) is 0 Å². The SMILES string of the molecule is O=C(NC(CO)c1ccco1)c1ccn(C2CCCC2)n1. The predicted molar refractivity (Wildman–Crippen MR) is 75.7 cm³/mol. The summed E-state index contributed by atoms with van der Waals surface area (Å²) in [7, 11) is 0. The van der Waals surface area contributed by atoms with E-state index in [4.69, 9.17) is 4.42 Å². The van der Waals surface area contributed by atoms with Crippen LogP contribution in [-0.4, -0.2) is 27.4 Å². The van der Waals surface area contributed by atoms with Crippen LogP contribution in [0.4, 0.5) is 0 Å². The van der Waals surface area contributed by atoms with Crippen LogP contribution in [0.1, 0.15) is 54.0 Å². The van der Waals surface area contributed by atoms with E-state index in [1.54, 1.807) is 18.2 Å². The minimum atomic E-state index is -0.552. The van der Waals surface area contributed by atoms with Gasteiger partial charge >= 0.3 is 0 Å². The third-order valence-corrected chi connectivity index (χ3v) is 3.91.